The summed E-state index contributed by atoms with van der Waals surface area (Å²) in [6.45, 7) is 15.7. The Labute approximate surface area is 124 Å². The van der Waals surface area contributed by atoms with Crippen LogP contribution in [0.2, 0.25) is 13.1 Å². The highest BCUT2D eigenvalue weighted by Crippen LogP contribution is 2.25. The number of amides is 1. The monoisotopic (exact) mass is 305 g/mol. The van der Waals surface area contributed by atoms with Gasteiger partial charge in [0.2, 0.25) is 0 Å². The van der Waals surface area contributed by atoms with Gasteiger partial charge in [0.1, 0.15) is 5.60 Å². The molecule has 0 rings (SSSR count). The lowest BCUT2D eigenvalue weighted by Crippen LogP contribution is -2.48. The molecule has 5 nitrogen and oxygen atoms in total. The van der Waals surface area contributed by atoms with Crippen molar-refractivity contribution >= 4 is 15.1 Å². The zero-order chi connectivity index (χ0) is 16.1. The summed E-state index contributed by atoms with van der Waals surface area (Å²) in [5.41, 5.74) is -0.730. The molecule has 0 saturated carbocycles. The molecule has 1 unspecified atom stereocenters. The fourth-order valence-electron chi connectivity index (χ4n) is 1.77. The van der Waals surface area contributed by atoms with E-state index in [0.29, 0.717) is 0 Å². The number of hydrogen-bond donors (Lipinski definition) is 2. The van der Waals surface area contributed by atoms with E-state index in [-0.39, 0.29) is 18.1 Å². The lowest BCUT2D eigenvalue weighted by Gasteiger charge is -2.36. The summed E-state index contributed by atoms with van der Waals surface area (Å²) >= 11 is 0. The molecule has 0 aromatic carbocycles. The van der Waals surface area contributed by atoms with Gasteiger partial charge in [-0.25, -0.2) is 4.79 Å². The highest BCUT2D eigenvalue weighted by atomic mass is 28.3. The quantitative estimate of drug-likeness (QED) is 0.765. The van der Waals surface area contributed by atoms with E-state index < -0.39 is 26.8 Å². The number of rotatable bonds is 5. The van der Waals surface area contributed by atoms with Gasteiger partial charge in [-0.3, -0.25) is 0 Å². The molecule has 6 heteroatoms. The molecule has 0 aliphatic carbocycles. The smallest absolute Gasteiger partial charge is 0.407 e. The van der Waals surface area contributed by atoms with Crippen LogP contribution in [0.5, 0.6) is 0 Å². The van der Waals surface area contributed by atoms with Crippen LogP contribution < -0.4 is 5.32 Å². The summed E-state index contributed by atoms with van der Waals surface area (Å²) in [5.74, 6) is 0. The predicted molar refractivity (Wildman–Crippen MR) is 83.4 cm³/mol. The number of hydrogen-bond acceptors (Lipinski definition) is 4. The average molecular weight is 305 g/mol. The molecule has 2 N–H and O–H groups in total. The Morgan fingerprint density at radius 3 is 2.05 bits per heavy atom. The number of ether oxygens (including phenoxy) is 1. The minimum Gasteiger partial charge on any atom is -0.444 e. The van der Waals surface area contributed by atoms with Crippen LogP contribution in [0, 0.1) is 5.41 Å². The summed E-state index contributed by atoms with van der Waals surface area (Å²) < 4.78 is 11.0. The summed E-state index contributed by atoms with van der Waals surface area (Å²) in [7, 11) is -1.27. The zero-order valence-electron chi connectivity index (χ0n) is 14.1. The van der Waals surface area contributed by atoms with Crippen LogP contribution in [0.15, 0.2) is 0 Å². The Morgan fingerprint density at radius 2 is 1.70 bits per heavy atom. The Hall–Kier alpha value is -0.593. The number of alkyl carbamates (subject to hydrolysis) is 1. The SMILES string of the molecule is C[SiH](C)OC([C@H](O)CNC(=O)OC(C)(C)C)C(C)(C)C. The van der Waals surface area contributed by atoms with E-state index in [9.17, 15) is 9.90 Å². The van der Waals surface area contributed by atoms with E-state index in [0.717, 1.165) is 0 Å². The number of aliphatic hydroxyl groups excluding tert-OH is 1. The molecule has 0 spiro atoms. The van der Waals surface area contributed by atoms with E-state index in [1.54, 1.807) is 20.8 Å². The Kier molecular flexibility index (Phi) is 7.20. The fourth-order valence-corrected chi connectivity index (χ4v) is 2.95. The van der Waals surface area contributed by atoms with Crippen molar-refractivity contribution in [2.45, 2.75) is 72.4 Å². The summed E-state index contributed by atoms with van der Waals surface area (Å²) in [5, 5.41) is 12.9. The standard InChI is InChI=1S/C14H31NO4Si/c1-13(2,3)11(19-20(7)8)10(16)9-15-12(17)18-14(4,5)6/h10-11,16,20H,9H2,1-8H3,(H,15,17)/t10-,11?/m1/s1. The number of aliphatic hydroxyl groups is 1. The first-order valence-electron chi connectivity index (χ1n) is 7.13. The molecular weight excluding hydrogens is 274 g/mol. The minimum atomic E-state index is -1.27. The molecule has 0 aromatic rings. The molecule has 0 heterocycles. The maximum absolute atomic E-state index is 11.6. The van der Waals surface area contributed by atoms with Crippen molar-refractivity contribution in [3.05, 3.63) is 0 Å². The summed E-state index contributed by atoms with van der Waals surface area (Å²) in [4.78, 5) is 11.6. The van der Waals surface area contributed by atoms with Crippen molar-refractivity contribution in [1.82, 2.24) is 5.32 Å². The van der Waals surface area contributed by atoms with Crippen molar-refractivity contribution in [1.29, 1.82) is 0 Å². The van der Waals surface area contributed by atoms with Gasteiger partial charge >= 0.3 is 6.09 Å². The second-order valence-electron chi connectivity index (χ2n) is 7.42. The van der Waals surface area contributed by atoms with Crippen LogP contribution in [0.4, 0.5) is 4.79 Å². The molecule has 0 aliphatic heterocycles. The van der Waals surface area contributed by atoms with Gasteiger partial charge in [0.25, 0.3) is 0 Å². The lowest BCUT2D eigenvalue weighted by molar-refractivity contribution is -0.0285. The van der Waals surface area contributed by atoms with Crippen molar-refractivity contribution < 1.29 is 19.1 Å². The normalized spacial score (nSPS) is 15.9. The van der Waals surface area contributed by atoms with Gasteiger partial charge in [-0.15, -0.1) is 0 Å². The fraction of sp³-hybridized carbons (Fsp3) is 0.929. The third kappa shape index (κ3) is 8.55. The molecule has 120 valence electrons. The minimum absolute atomic E-state index is 0.123. The van der Waals surface area contributed by atoms with Gasteiger partial charge in [-0.2, -0.15) is 0 Å². The van der Waals surface area contributed by atoms with Gasteiger partial charge < -0.3 is 19.6 Å². The Morgan fingerprint density at radius 1 is 1.20 bits per heavy atom. The third-order valence-corrected chi connectivity index (χ3v) is 3.31. The first-order chi connectivity index (χ1) is 8.83. The van der Waals surface area contributed by atoms with E-state index >= 15 is 0 Å². The van der Waals surface area contributed by atoms with Crippen LogP contribution in [-0.2, 0) is 9.16 Å². The van der Waals surface area contributed by atoms with Crippen molar-refractivity contribution in [2.24, 2.45) is 5.41 Å². The highest BCUT2D eigenvalue weighted by Gasteiger charge is 2.33. The molecule has 0 bridgehead atoms. The van der Waals surface area contributed by atoms with Crippen molar-refractivity contribution in [3.8, 4) is 0 Å². The van der Waals surface area contributed by atoms with E-state index in [1.807, 2.05) is 20.8 Å². The van der Waals surface area contributed by atoms with Crippen LogP contribution in [0.25, 0.3) is 0 Å². The second-order valence-corrected chi connectivity index (χ2v) is 9.79. The number of carbonyl (C=O) groups is 1. The highest BCUT2D eigenvalue weighted by molar-refractivity contribution is 6.48. The molecule has 1 amide bonds. The molecule has 2 atom stereocenters. The van der Waals surface area contributed by atoms with Crippen molar-refractivity contribution in [2.75, 3.05) is 6.54 Å². The molecule has 0 saturated heterocycles. The zero-order valence-corrected chi connectivity index (χ0v) is 15.3. The van der Waals surface area contributed by atoms with Crippen molar-refractivity contribution in [3.63, 3.8) is 0 Å². The van der Waals surface area contributed by atoms with Gasteiger partial charge in [-0.05, 0) is 39.3 Å². The number of carbonyl (C=O) groups excluding carboxylic acids is 1. The van der Waals surface area contributed by atoms with E-state index in [4.69, 9.17) is 9.16 Å². The van der Waals surface area contributed by atoms with Gasteiger partial charge in [0.15, 0.2) is 9.04 Å². The topological polar surface area (TPSA) is 67.8 Å². The largest absolute Gasteiger partial charge is 0.444 e. The first kappa shape index (κ1) is 19.4. The molecule has 0 radical (unpaired) electrons. The molecule has 20 heavy (non-hydrogen) atoms. The predicted octanol–water partition coefficient (Wildman–Crippen LogP) is 2.29. The second kappa shape index (κ2) is 7.43. The molecular formula is C14H31NO4Si. The van der Waals surface area contributed by atoms with Gasteiger partial charge in [-0.1, -0.05) is 20.8 Å². The molecule has 0 aromatic heterocycles. The van der Waals surface area contributed by atoms with Gasteiger partial charge in [0.05, 0.1) is 12.2 Å². The first-order valence-corrected chi connectivity index (χ1v) is 9.91. The van der Waals surface area contributed by atoms with E-state index in [2.05, 4.69) is 18.4 Å². The molecule has 0 fully saturated rings. The van der Waals surface area contributed by atoms with Crippen LogP contribution in [0.3, 0.4) is 0 Å². The van der Waals surface area contributed by atoms with Crippen LogP contribution in [0.1, 0.15) is 41.5 Å². The Balaban J connectivity index is 4.47. The van der Waals surface area contributed by atoms with E-state index in [1.165, 1.54) is 0 Å². The molecule has 0 aliphatic rings. The van der Waals surface area contributed by atoms with Gasteiger partial charge in [0, 0.05) is 6.54 Å². The van der Waals surface area contributed by atoms with Crippen LogP contribution >= 0.6 is 0 Å². The van der Waals surface area contributed by atoms with Crippen LogP contribution in [-0.4, -0.2) is 44.6 Å². The Bertz CT molecular complexity index is 307. The average Bonchev–Trinajstić information content (AvgIpc) is 2.18. The maximum atomic E-state index is 11.6. The summed E-state index contributed by atoms with van der Waals surface area (Å²) in [6.07, 6.45) is -1.58. The maximum Gasteiger partial charge on any atom is 0.407 e. The third-order valence-electron chi connectivity index (χ3n) is 2.48. The number of nitrogens with one attached hydrogen (secondary N) is 1. The lowest BCUT2D eigenvalue weighted by atomic mass is 9.86. The summed E-state index contributed by atoms with van der Waals surface area (Å²) in [6, 6.07) is 0.